The second-order valence-electron chi connectivity index (χ2n) is 7.80. The SMILES string of the molecule is CCCC[C@@H]1C[C@H]1[Si](O)(OC(C)(C)C)OC(C)(C)C. The predicted molar refractivity (Wildman–Crippen MR) is 81.0 cm³/mol. The quantitative estimate of drug-likeness (QED) is 0.747. The molecule has 0 saturated heterocycles. The molecule has 0 amide bonds. The predicted octanol–water partition coefficient (Wildman–Crippen LogP) is 4.13. The van der Waals surface area contributed by atoms with Gasteiger partial charge in [0.25, 0.3) is 0 Å². The maximum absolute atomic E-state index is 11.0. The van der Waals surface area contributed by atoms with E-state index in [1.807, 2.05) is 41.5 Å². The van der Waals surface area contributed by atoms with Gasteiger partial charge in [-0.05, 0) is 53.9 Å². The van der Waals surface area contributed by atoms with Crippen molar-refractivity contribution < 1.29 is 13.6 Å². The summed E-state index contributed by atoms with van der Waals surface area (Å²) >= 11 is 0. The van der Waals surface area contributed by atoms with Gasteiger partial charge in [0.15, 0.2) is 0 Å². The highest BCUT2D eigenvalue weighted by Crippen LogP contribution is 2.55. The van der Waals surface area contributed by atoms with Gasteiger partial charge in [0.2, 0.25) is 0 Å². The van der Waals surface area contributed by atoms with Crippen LogP contribution in [0.1, 0.15) is 74.1 Å². The van der Waals surface area contributed by atoms with Crippen molar-refractivity contribution in [2.75, 3.05) is 0 Å². The van der Waals surface area contributed by atoms with Crippen LogP contribution >= 0.6 is 0 Å². The molecular formula is C15H32O3Si. The van der Waals surface area contributed by atoms with Crippen molar-refractivity contribution in [1.82, 2.24) is 0 Å². The van der Waals surface area contributed by atoms with E-state index < -0.39 is 8.80 Å². The first kappa shape index (κ1) is 17.1. The minimum atomic E-state index is -3.10. The van der Waals surface area contributed by atoms with Crippen LogP contribution in [0.15, 0.2) is 0 Å². The molecule has 1 rings (SSSR count). The Morgan fingerprint density at radius 1 is 1.05 bits per heavy atom. The molecule has 0 spiro atoms. The zero-order valence-corrected chi connectivity index (χ0v) is 14.7. The van der Waals surface area contributed by atoms with Crippen LogP contribution in [0.3, 0.4) is 0 Å². The summed E-state index contributed by atoms with van der Waals surface area (Å²) in [5.74, 6) is 0.598. The molecule has 0 aromatic carbocycles. The summed E-state index contributed by atoms with van der Waals surface area (Å²) in [6.07, 6.45) is 4.70. The van der Waals surface area contributed by atoms with Gasteiger partial charge in [-0.3, -0.25) is 0 Å². The molecule has 19 heavy (non-hydrogen) atoms. The third-order valence-corrected chi connectivity index (χ3v) is 6.68. The topological polar surface area (TPSA) is 38.7 Å². The fraction of sp³-hybridized carbons (Fsp3) is 1.00. The van der Waals surface area contributed by atoms with E-state index in [-0.39, 0.29) is 16.7 Å². The van der Waals surface area contributed by atoms with Crippen molar-refractivity contribution in [2.24, 2.45) is 5.92 Å². The maximum atomic E-state index is 11.0. The second-order valence-corrected chi connectivity index (χ2v) is 10.2. The van der Waals surface area contributed by atoms with Crippen molar-refractivity contribution >= 4 is 8.80 Å². The minimum Gasteiger partial charge on any atom is -0.390 e. The van der Waals surface area contributed by atoms with Crippen molar-refractivity contribution in [2.45, 2.75) is 90.9 Å². The van der Waals surface area contributed by atoms with Crippen LogP contribution in [0.2, 0.25) is 5.54 Å². The smallest absolute Gasteiger partial charge is 0.390 e. The highest BCUT2D eigenvalue weighted by molar-refractivity contribution is 6.62. The number of hydrogen-bond donors (Lipinski definition) is 1. The van der Waals surface area contributed by atoms with Crippen molar-refractivity contribution in [3.8, 4) is 0 Å². The Morgan fingerprint density at radius 2 is 1.53 bits per heavy atom. The molecular weight excluding hydrogens is 256 g/mol. The number of rotatable bonds is 6. The first-order chi connectivity index (χ1) is 8.47. The fourth-order valence-electron chi connectivity index (χ4n) is 2.53. The Morgan fingerprint density at radius 3 is 1.89 bits per heavy atom. The van der Waals surface area contributed by atoms with E-state index in [1.165, 1.54) is 19.3 Å². The molecule has 0 bridgehead atoms. The summed E-state index contributed by atoms with van der Waals surface area (Å²) in [4.78, 5) is 11.0. The van der Waals surface area contributed by atoms with Gasteiger partial charge in [-0.15, -0.1) is 0 Å². The van der Waals surface area contributed by atoms with Crippen LogP contribution in [0.25, 0.3) is 0 Å². The summed E-state index contributed by atoms with van der Waals surface area (Å²) in [6.45, 7) is 14.1. The van der Waals surface area contributed by atoms with Crippen LogP contribution in [0.4, 0.5) is 0 Å². The third kappa shape index (κ3) is 5.94. The average molecular weight is 289 g/mol. The summed E-state index contributed by atoms with van der Waals surface area (Å²) in [7, 11) is -3.10. The Kier molecular flexibility index (Phi) is 5.27. The molecule has 0 aliphatic heterocycles. The van der Waals surface area contributed by atoms with E-state index in [4.69, 9.17) is 8.85 Å². The Balaban J connectivity index is 2.71. The molecule has 1 saturated carbocycles. The molecule has 3 nitrogen and oxygen atoms in total. The zero-order valence-electron chi connectivity index (χ0n) is 13.7. The number of hydrogen-bond acceptors (Lipinski definition) is 3. The van der Waals surface area contributed by atoms with Crippen LogP contribution in [0.5, 0.6) is 0 Å². The maximum Gasteiger partial charge on any atom is 0.502 e. The van der Waals surface area contributed by atoms with Gasteiger partial charge in [0.1, 0.15) is 0 Å². The summed E-state index contributed by atoms with van der Waals surface area (Å²) in [5, 5.41) is 0. The number of unbranched alkanes of at least 4 members (excludes halogenated alkanes) is 1. The van der Waals surface area contributed by atoms with E-state index in [0.717, 1.165) is 6.42 Å². The van der Waals surface area contributed by atoms with Gasteiger partial charge in [0.05, 0.1) is 11.2 Å². The molecule has 0 radical (unpaired) electrons. The molecule has 2 atom stereocenters. The summed E-state index contributed by atoms with van der Waals surface area (Å²) in [6, 6.07) is 0. The molecule has 1 N–H and O–H groups in total. The van der Waals surface area contributed by atoms with Gasteiger partial charge in [-0.1, -0.05) is 26.2 Å². The molecule has 114 valence electrons. The lowest BCUT2D eigenvalue weighted by atomic mass is 10.2. The van der Waals surface area contributed by atoms with E-state index >= 15 is 0 Å². The Labute approximate surface area is 120 Å². The summed E-state index contributed by atoms with van der Waals surface area (Å²) in [5.41, 5.74) is -0.466. The molecule has 1 aliphatic carbocycles. The second kappa shape index (κ2) is 5.84. The fourth-order valence-corrected chi connectivity index (χ4v) is 5.99. The van der Waals surface area contributed by atoms with E-state index in [0.29, 0.717) is 5.92 Å². The monoisotopic (exact) mass is 288 g/mol. The third-order valence-electron chi connectivity index (χ3n) is 3.22. The van der Waals surface area contributed by atoms with Crippen molar-refractivity contribution in [3.05, 3.63) is 0 Å². The lowest BCUT2D eigenvalue weighted by molar-refractivity contribution is -0.0291. The Bertz CT molecular complexity index is 275. The van der Waals surface area contributed by atoms with Crippen molar-refractivity contribution in [1.29, 1.82) is 0 Å². The first-order valence-corrected chi connectivity index (χ1v) is 9.44. The zero-order chi connectivity index (χ0) is 14.9. The lowest BCUT2D eigenvalue weighted by Crippen LogP contribution is -2.53. The largest absolute Gasteiger partial charge is 0.502 e. The average Bonchev–Trinajstić information content (AvgIpc) is 2.87. The van der Waals surface area contributed by atoms with Gasteiger partial charge in [-0.25, -0.2) is 0 Å². The highest BCUT2D eigenvalue weighted by atomic mass is 28.4. The minimum absolute atomic E-state index is 0.248. The molecule has 1 fully saturated rings. The molecule has 4 heteroatoms. The Hall–Kier alpha value is 0.0969. The van der Waals surface area contributed by atoms with Gasteiger partial charge in [-0.2, -0.15) is 0 Å². The van der Waals surface area contributed by atoms with Gasteiger partial charge >= 0.3 is 8.80 Å². The molecule has 0 aromatic rings. The lowest BCUT2D eigenvalue weighted by Gasteiger charge is -2.37. The van der Waals surface area contributed by atoms with E-state index in [9.17, 15) is 4.80 Å². The normalized spacial score (nSPS) is 24.6. The van der Waals surface area contributed by atoms with Crippen LogP contribution in [0, 0.1) is 5.92 Å². The van der Waals surface area contributed by atoms with Crippen LogP contribution < -0.4 is 0 Å². The van der Waals surface area contributed by atoms with Gasteiger partial charge < -0.3 is 13.6 Å². The molecule has 0 aromatic heterocycles. The molecule has 0 unspecified atom stereocenters. The highest BCUT2D eigenvalue weighted by Gasteiger charge is 2.61. The standard InChI is InChI=1S/C15H32O3Si/c1-8-9-10-12-11-13(12)19(16,17-14(2,3)4)18-15(5,6)7/h12-13,16H,8-11H2,1-7H3/t12-,13-/m1/s1. The van der Waals surface area contributed by atoms with Crippen LogP contribution in [-0.2, 0) is 8.85 Å². The molecule has 0 heterocycles. The first-order valence-electron chi connectivity index (χ1n) is 7.59. The van der Waals surface area contributed by atoms with Gasteiger partial charge in [0, 0.05) is 5.54 Å². The van der Waals surface area contributed by atoms with E-state index in [2.05, 4.69) is 6.92 Å². The molecule has 1 aliphatic rings. The van der Waals surface area contributed by atoms with Crippen LogP contribution in [-0.4, -0.2) is 24.8 Å². The summed E-state index contributed by atoms with van der Waals surface area (Å²) < 4.78 is 12.0. The van der Waals surface area contributed by atoms with E-state index in [1.54, 1.807) is 0 Å². The van der Waals surface area contributed by atoms with Crippen molar-refractivity contribution in [3.63, 3.8) is 0 Å².